The summed E-state index contributed by atoms with van der Waals surface area (Å²) >= 11 is 5.92. The van der Waals surface area contributed by atoms with E-state index in [2.05, 4.69) is 0 Å². The predicted octanol–water partition coefficient (Wildman–Crippen LogP) is 3.77. The van der Waals surface area contributed by atoms with Crippen LogP contribution in [0.15, 0.2) is 29.2 Å². The fourth-order valence-corrected chi connectivity index (χ4v) is 3.01. The van der Waals surface area contributed by atoms with Crippen LogP contribution >= 0.6 is 11.6 Å². The third kappa shape index (κ3) is 5.61. The quantitative estimate of drug-likeness (QED) is 0.713. The minimum absolute atomic E-state index is 0.0625. The Morgan fingerprint density at radius 3 is 2.00 bits per heavy atom. The zero-order valence-electron chi connectivity index (χ0n) is 15.0. The van der Waals surface area contributed by atoms with Gasteiger partial charge in [0.2, 0.25) is 0 Å². The molecule has 0 saturated carbocycles. The van der Waals surface area contributed by atoms with Gasteiger partial charge in [-0.1, -0.05) is 23.7 Å². The van der Waals surface area contributed by atoms with Crippen molar-refractivity contribution in [2.75, 3.05) is 0 Å². The molecule has 25 heavy (non-hydrogen) atoms. The molecular formula is C16H22ClNO6S. The molecule has 1 aromatic rings. The molecule has 0 aliphatic heterocycles. The van der Waals surface area contributed by atoms with E-state index in [1.807, 2.05) is 0 Å². The maximum Gasteiger partial charge on any atom is 0.459 e. The highest BCUT2D eigenvalue weighted by Crippen LogP contribution is 2.27. The van der Waals surface area contributed by atoms with E-state index in [0.29, 0.717) is 0 Å². The van der Waals surface area contributed by atoms with E-state index < -0.39 is 33.1 Å². The van der Waals surface area contributed by atoms with Crippen molar-refractivity contribution in [2.45, 2.75) is 52.0 Å². The lowest BCUT2D eigenvalue weighted by Crippen LogP contribution is -2.44. The van der Waals surface area contributed by atoms with Gasteiger partial charge in [-0.15, -0.1) is 0 Å². The molecule has 0 radical (unpaired) electrons. The number of carbonyl (C=O) groups excluding carboxylic acids is 2. The second-order valence-corrected chi connectivity index (χ2v) is 9.40. The van der Waals surface area contributed by atoms with Gasteiger partial charge in [0.1, 0.15) is 10.5 Å². The van der Waals surface area contributed by atoms with Crippen molar-refractivity contribution in [1.82, 2.24) is 4.47 Å². The number of nitrogens with zero attached hydrogens (tertiary/aromatic N) is 1. The first-order valence-electron chi connectivity index (χ1n) is 7.41. The number of hydrogen-bond acceptors (Lipinski definition) is 6. The van der Waals surface area contributed by atoms with E-state index in [0.717, 1.165) is 0 Å². The maximum atomic E-state index is 12.8. The molecule has 0 aliphatic rings. The summed E-state index contributed by atoms with van der Waals surface area (Å²) in [6, 6.07) is 5.49. The van der Waals surface area contributed by atoms with E-state index in [1.54, 1.807) is 20.8 Å². The van der Waals surface area contributed by atoms with Crippen LogP contribution in [-0.4, -0.2) is 30.5 Å². The summed E-state index contributed by atoms with van der Waals surface area (Å²) in [6.07, 6.45) is -1.34. The van der Waals surface area contributed by atoms with Crippen molar-refractivity contribution in [1.29, 1.82) is 0 Å². The number of amides is 1. The van der Waals surface area contributed by atoms with Crippen molar-refractivity contribution in [3.8, 4) is 0 Å². The largest absolute Gasteiger partial charge is 0.459 e. The maximum absolute atomic E-state index is 12.8. The van der Waals surface area contributed by atoms with Gasteiger partial charge in [-0.05, 0) is 58.1 Å². The van der Waals surface area contributed by atoms with Gasteiger partial charge in [0.05, 0.1) is 10.4 Å². The molecule has 1 aromatic carbocycles. The van der Waals surface area contributed by atoms with Crippen molar-refractivity contribution in [3.05, 3.63) is 29.3 Å². The summed E-state index contributed by atoms with van der Waals surface area (Å²) in [5, 5.41) is -0.122. The van der Waals surface area contributed by atoms with Crippen LogP contribution in [0.1, 0.15) is 41.5 Å². The van der Waals surface area contributed by atoms with Crippen LogP contribution in [0, 0.1) is 5.41 Å². The molecule has 0 bridgehead atoms. The van der Waals surface area contributed by atoms with Crippen LogP contribution < -0.4 is 0 Å². The zero-order chi connectivity index (χ0) is 19.6. The van der Waals surface area contributed by atoms with Crippen LogP contribution in [0.2, 0.25) is 5.02 Å². The second kappa shape index (κ2) is 7.21. The fourth-order valence-electron chi connectivity index (χ4n) is 1.44. The van der Waals surface area contributed by atoms with Crippen molar-refractivity contribution >= 4 is 33.7 Å². The Bertz CT molecular complexity index is 762. The van der Waals surface area contributed by atoms with E-state index >= 15 is 0 Å². The van der Waals surface area contributed by atoms with Gasteiger partial charge in [-0.25, -0.2) is 9.59 Å². The van der Waals surface area contributed by atoms with Gasteiger partial charge in [-0.3, -0.25) is 0 Å². The monoisotopic (exact) mass is 391 g/mol. The lowest BCUT2D eigenvalue weighted by atomic mass is 9.98. The standard InChI is InChI=1S/C16H22ClNO6S/c1-15(2,3)13(19)24-18(14(20)23-16(4,5)6)25(21,22)12-10-8-7-9-11(12)17/h7-10H,1-6H3. The Morgan fingerprint density at radius 2 is 1.56 bits per heavy atom. The lowest BCUT2D eigenvalue weighted by Gasteiger charge is -2.27. The van der Waals surface area contributed by atoms with Crippen LogP contribution in [0.4, 0.5) is 4.79 Å². The molecule has 1 rings (SSSR count). The van der Waals surface area contributed by atoms with E-state index in [9.17, 15) is 18.0 Å². The van der Waals surface area contributed by atoms with Crippen LogP contribution in [0.3, 0.4) is 0 Å². The summed E-state index contributed by atoms with van der Waals surface area (Å²) in [7, 11) is -4.57. The highest BCUT2D eigenvalue weighted by Gasteiger charge is 2.40. The molecule has 0 atom stereocenters. The van der Waals surface area contributed by atoms with Gasteiger partial charge in [0.15, 0.2) is 0 Å². The number of hydrogen-bond donors (Lipinski definition) is 0. The fraction of sp³-hybridized carbons (Fsp3) is 0.500. The highest BCUT2D eigenvalue weighted by atomic mass is 35.5. The predicted molar refractivity (Wildman–Crippen MR) is 92.3 cm³/mol. The van der Waals surface area contributed by atoms with Crippen molar-refractivity contribution in [2.24, 2.45) is 5.41 Å². The molecule has 0 unspecified atom stereocenters. The highest BCUT2D eigenvalue weighted by molar-refractivity contribution is 7.89. The topological polar surface area (TPSA) is 90.0 Å². The molecule has 0 N–H and O–H groups in total. The van der Waals surface area contributed by atoms with Crippen molar-refractivity contribution in [3.63, 3.8) is 0 Å². The second-order valence-electron chi connectivity index (χ2n) is 7.27. The Kier molecular flexibility index (Phi) is 6.13. The van der Waals surface area contributed by atoms with Crippen molar-refractivity contribution < 1.29 is 27.6 Å². The van der Waals surface area contributed by atoms with Gasteiger partial charge in [0, 0.05) is 0 Å². The molecule has 0 heterocycles. The molecule has 0 spiro atoms. The summed E-state index contributed by atoms with van der Waals surface area (Å²) in [4.78, 5) is 29.0. The lowest BCUT2D eigenvalue weighted by molar-refractivity contribution is -0.176. The molecule has 1 amide bonds. The normalized spacial score (nSPS) is 12.4. The third-order valence-electron chi connectivity index (χ3n) is 2.65. The summed E-state index contributed by atoms with van der Waals surface area (Å²) in [6.45, 7) is 9.21. The van der Waals surface area contributed by atoms with Gasteiger partial charge < -0.3 is 9.57 Å². The molecule has 0 aliphatic carbocycles. The number of rotatable bonds is 2. The van der Waals surface area contributed by atoms with Gasteiger partial charge >= 0.3 is 22.1 Å². The Labute approximate surface area is 152 Å². The minimum atomic E-state index is -4.57. The average molecular weight is 392 g/mol. The Morgan fingerprint density at radius 1 is 1.04 bits per heavy atom. The average Bonchev–Trinajstić information content (AvgIpc) is 2.41. The van der Waals surface area contributed by atoms with E-state index in [4.69, 9.17) is 21.2 Å². The van der Waals surface area contributed by atoms with E-state index in [-0.39, 0.29) is 14.4 Å². The minimum Gasteiger partial charge on any atom is -0.441 e. The van der Waals surface area contributed by atoms with Crippen LogP contribution in [0.25, 0.3) is 0 Å². The number of halogens is 1. The third-order valence-corrected chi connectivity index (χ3v) is 4.67. The first kappa shape index (κ1) is 21.2. The number of carbonyl (C=O) groups is 2. The molecule has 7 nitrogen and oxygen atoms in total. The summed E-state index contributed by atoms with van der Waals surface area (Å²) < 4.78 is 30.6. The smallest absolute Gasteiger partial charge is 0.441 e. The number of ether oxygens (including phenoxy) is 1. The Hall–Kier alpha value is -1.80. The first-order valence-corrected chi connectivity index (χ1v) is 9.23. The zero-order valence-corrected chi connectivity index (χ0v) is 16.6. The number of hydroxylamine groups is 1. The molecule has 140 valence electrons. The van der Waals surface area contributed by atoms with Crippen LogP contribution in [0.5, 0.6) is 0 Å². The van der Waals surface area contributed by atoms with Gasteiger partial charge in [-0.2, -0.15) is 8.42 Å². The molecule has 0 aromatic heterocycles. The Balaban J connectivity index is 3.38. The molecular weight excluding hydrogens is 370 g/mol. The van der Waals surface area contributed by atoms with E-state index in [1.165, 1.54) is 45.0 Å². The van der Waals surface area contributed by atoms with Gasteiger partial charge in [0.25, 0.3) is 0 Å². The SMILES string of the molecule is CC(C)(C)OC(=O)N(OC(=O)C(C)(C)C)S(=O)(=O)c1ccccc1Cl. The first-order chi connectivity index (χ1) is 11.2. The number of benzene rings is 1. The molecule has 0 fully saturated rings. The molecule has 9 heteroatoms. The summed E-state index contributed by atoms with van der Waals surface area (Å²) in [5.74, 6) is -0.922. The number of sulfonamides is 1. The molecule has 0 saturated heterocycles. The summed E-state index contributed by atoms with van der Waals surface area (Å²) in [5.41, 5.74) is -2.05. The van der Waals surface area contributed by atoms with Crippen LogP contribution in [-0.2, 0) is 24.4 Å².